The van der Waals surface area contributed by atoms with E-state index in [1.807, 2.05) is 42.5 Å². The largest absolute Gasteiger partial charge is 0.484 e. The number of benzene rings is 2. The van der Waals surface area contributed by atoms with Gasteiger partial charge in [0.2, 0.25) is 0 Å². The van der Waals surface area contributed by atoms with Crippen LogP contribution in [0.1, 0.15) is 40.6 Å². The average Bonchev–Trinajstić information content (AvgIpc) is 3.09. The van der Waals surface area contributed by atoms with E-state index >= 15 is 0 Å². The Morgan fingerprint density at radius 3 is 2.76 bits per heavy atom. The highest BCUT2D eigenvalue weighted by atomic mass is 32.1. The monoisotopic (exact) mass is 408 g/mol. The summed E-state index contributed by atoms with van der Waals surface area (Å²) >= 11 is 1.47. The summed E-state index contributed by atoms with van der Waals surface area (Å²) in [5, 5.41) is 5.56. The van der Waals surface area contributed by atoms with Gasteiger partial charge in [0.05, 0.1) is 5.56 Å². The molecule has 0 bridgehead atoms. The number of anilines is 1. The maximum atomic E-state index is 12.5. The van der Waals surface area contributed by atoms with Crippen molar-refractivity contribution in [3.8, 4) is 5.75 Å². The number of hydrogen-bond acceptors (Lipinski definition) is 4. The summed E-state index contributed by atoms with van der Waals surface area (Å²) in [7, 11) is 0. The number of thiophene rings is 1. The molecule has 5 nitrogen and oxygen atoms in total. The Bertz CT molecular complexity index is 1070. The first-order valence-electron chi connectivity index (χ1n) is 9.91. The number of nitrogens with two attached hydrogens (primary N) is 1. The van der Waals surface area contributed by atoms with Gasteiger partial charge in [-0.2, -0.15) is 0 Å². The van der Waals surface area contributed by atoms with Gasteiger partial charge in [-0.25, -0.2) is 0 Å². The van der Waals surface area contributed by atoms with Crippen LogP contribution in [0.3, 0.4) is 0 Å². The first kappa shape index (κ1) is 19.5. The summed E-state index contributed by atoms with van der Waals surface area (Å²) in [5.74, 6) is 0.474. The van der Waals surface area contributed by atoms with Gasteiger partial charge in [0, 0.05) is 4.88 Å². The molecule has 29 heavy (non-hydrogen) atoms. The van der Waals surface area contributed by atoms with Crippen molar-refractivity contribution in [3.63, 3.8) is 0 Å². The van der Waals surface area contributed by atoms with Crippen LogP contribution >= 0.6 is 11.3 Å². The average molecular weight is 409 g/mol. The van der Waals surface area contributed by atoms with Gasteiger partial charge in [0.25, 0.3) is 11.8 Å². The van der Waals surface area contributed by atoms with Crippen LogP contribution in [-0.4, -0.2) is 18.4 Å². The second-order valence-corrected chi connectivity index (χ2v) is 8.54. The number of nitrogens with one attached hydrogen (secondary N) is 1. The molecule has 3 N–H and O–H groups in total. The van der Waals surface area contributed by atoms with Crippen molar-refractivity contribution in [2.45, 2.75) is 32.6 Å². The number of carbonyl (C=O) groups excluding carboxylic acids is 2. The van der Waals surface area contributed by atoms with Crippen molar-refractivity contribution >= 4 is 38.9 Å². The molecule has 1 atom stereocenters. The van der Waals surface area contributed by atoms with Crippen molar-refractivity contribution in [3.05, 3.63) is 58.5 Å². The number of primary amides is 1. The number of carbonyl (C=O) groups is 2. The van der Waals surface area contributed by atoms with E-state index in [4.69, 9.17) is 10.5 Å². The van der Waals surface area contributed by atoms with Crippen molar-refractivity contribution in [2.75, 3.05) is 11.9 Å². The zero-order valence-corrected chi connectivity index (χ0v) is 17.2. The van der Waals surface area contributed by atoms with Crippen LogP contribution in [0.2, 0.25) is 0 Å². The van der Waals surface area contributed by atoms with E-state index in [1.54, 1.807) is 0 Å². The Morgan fingerprint density at radius 2 is 2.00 bits per heavy atom. The summed E-state index contributed by atoms with van der Waals surface area (Å²) in [6.07, 6.45) is 3.95. The molecule has 0 spiro atoms. The molecule has 0 fully saturated rings. The fraction of sp³-hybridized carbons (Fsp3) is 0.304. The van der Waals surface area contributed by atoms with Crippen LogP contribution < -0.4 is 15.8 Å². The fourth-order valence-corrected chi connectivity index (χ4v) is 5.30. The lowest BCUT2D eigenvalue weighted by molar-refractivity contribution is -0.118. The third-order valence-electron chi connectivity index (χ3n) is 5.53. The van der Waals surface area contributed by atoms with Gasteiger partial charge < -0.3 is 15.8 Å². The number of ether oxygens (including phenoxy) is 1. The highest BCUT2D eigenvalue weighted by molar-refractivity contribution is 7.17. The van der Waals surface area contributed by atoms with E-state index < -0.39 is 5.91 Å². The molecule has 0 radical (unpaired) electrons. The van der Waals surface area contributed by atoms with Crippen LogP contribution in [0, 0.1) is 5.92 Å². The Hall–Kier alpha value is -2.86. The minimum atomic E-state index is -0.483. The SMILES string of the molecule is CCC1CCc2c(sc(NC(=O)COc3ccc4ccccc4c3)c2C(N)=O)C1. The predicted molar refractivity (Wildman–Crippen MR) is 117 cm³/mol. The van der Waals surface area contributed by atoms with Gasteiger partial charge in [-0.05, 0) is 53.6 Å². The van der Waals surface area contributed by atoms with Crippen LogP contribution in [0.15, 0.2) is 42.5 Å². The zero-order chi connectivity index (χ0) is 20.4. The molecule has 1 heterocycles. The van der Waals surface area contributed by atoms with Gasteiger partial charge in [-0.1, -0.05) is 43.7 Å². The first-order valence-corrected chi connectivity index (χ1v) is 10.7. The van der Waals surface area contributed by atoms with Crippen LogP contribution in [0.25, 0.3) is 10.8 Å². The van der Waals surface area contributed by atoms with Crippen molar-refractivity contribution in [1.82, 2.24) is 0 Å². The Morgan fingerprint density at radius 1 is 1.21 bits per heavy atom. The number of hydrogen-bond donors (Lipinski definition) is 2. The van der Waals surface area contributed by atoms with Crippen molar-refractivity contribution in [2.24, 2.45) is 11.7 Å². The number of fused-ring (bicyclic) bond motifs is 2. The molecular formula is C23H24N2O3S. The van der Waals surface area contributed by atoms with Crippen molar-refractivity contribution < 1.29 is 14.3 Å². The zero-order valence-electron chi connectivity index (χ0n) is 16.4. The topological polar surface area (TPSA) is 81.4 Å². The normalized spacial score (nSPS) is 15.7. The van der Waals surface area contributed by atoms with E-state index in [0.29, 0.717) is 22.2 Å². The minimum Gasteiger partial charge on any atom is -0.484 e. The molecule has 0 saturated heterocycles. The molecule has 150 valence electrons. The van der Waals surface area contributed by atoms with Gasteiger partial charge in [0.1, 0.15) is 10.8 Å². The van der Waals surface area contributed by atoms with Crippen LogP contribution in [-0.2, 0) is 17.6 Å². The second kappa shape index (κ2) is 8.25. The Balaban J connectivity index is 1.46. The molecule has 6 heteroatoms. The molecule has 0 saturated carbocycles. The summed E-state index contributed by atoms with van der Waals surface area (Å²) in [6.45, 7) is 2.06. The summed E-state index contributed by atoms with van der Waals surface area (Å²) in [5.41, 5.74) is 7.11. The highest BCUT2D eigenvalue weighted by Gasteiger charge is 2.28. The van der Waals surface area contributed by atoms with Crippen LogP contribution in [0.4, 0.5) is 5.00 Å². The quantitative estimate of drug-likeness (QED) is 0.629. The molecule has 1 aliphatic carbocycles. The van der Waals surface area contributed by atoms with Gasteiger partial charge in [0.15, 0.2) is 6.61 Å². The summed E-state index contributed by atoms with van der Waals surface area (Å²) in [6, 6.07) is 13.7. The highest BCUT2D eigenvalue weighted by Crippen LogP contribution is 2.40. The van der Waals surface area contributed by atoms with E-state index in [1.165, 1.54) is 16.2 Å². The van der Waals surface area contributed by atoms with E-state index in [0.717, 1.165) is 42.0 Å². The minimum absolute atomic E-state index is 0.128. The maximum absolute atomic E-state index is 12.5. The lowest BCUT2D eigenvalue weighted by atomic mass is 9.85. The standard InChI is InChI=1S/C23H24N2O3S/c1-2-14-7-10-18-19(11-14)29-23(21(18)22(24)27)25-20(26)13-28-17-9-8-15-5-3-4-6-16(15)12-17/h3-6,8-9,12,14H,2,7,10-11,13H2,1H3,(H2,24,27)(H,25,26). The molecule has 1 unspecified atom stereocenters. The lowest BCUT2D eigenvalue weighted by Gasteiger charge is -2.20. The summed E-state index contributed by atoms with van der Waals surface area (Å²) < 4.78 is 5.66. The van der Waals surface area contributed by atoms with E-state index in [-0.39, 0.29) is 12.5 Å². The molecule has 1 aliphatic rings. The number of rotatable bonds is 6. The smallest absolute Gasteiger partial charge is 0.262 e. The van der Waals surface area contributed by atoms with Gasteiger partial charge >= 0.3 is 0 Å². The molecule has 4 rings (SSSR count). The Labute approximate surface area is 173 Å². The maximum Gasteiger partial charge on any atom is 0.262 e. The van der Waals surface area contributed by atoms with E-state index in [9.17, 15) is 9.59 Å². The second-order valence-electron chi connectivity index (χ2n) is 7.44. The molecule has 1 aromatic heterocycles. The molecule has 0 aliphatic heterocycles. The third-order valence-corrected chi connectivity index (χ3v) is 6.70. The van der Waals surface area contributed by atoms with Crippen LogP contribution in [0.5, 0.6) is 5.75 Å². The Kier molecular flexibility index (Phi) is 5.53. The van der Waals surface area contributed by atoms with Gasteiger partial charge in [-0.3, -0.25) is 9.59 Å². The van der Waals surface area contributed by atoms with E-state index in [2.05, 4.69) is 12.2 Å². The van der Waals surface area contributed by atoms with Gasteiger partial charge in [-0.15, -0.1) is 11.3 Å². The molecular weight excluding hydrogens is 384 g/mol. The first-order chi connectivity index (χ1) is 14.0. The summed E-state index contributed by atoms with van der Waals surface area (Å²) in [4.78, 5) is 25.7. The molecule has 3 aromatic rings. The molecule has 2 aromatic carbocycles. The predicted octanol–water partition coefficient (Wildman–Crippen LogP) is 4.53. The fourth-order valence-electron chi connectivity index (χ4n) is 3.92. The lowest BCUT2D eigenvalue weighted by Crippen LogP contribution is -2.22. The molecule has 2 amide bonds. The van der Waals surface area contributed by atoms with Crippen molar-refractivity contribution in [1.29, 1.82) is 0 Å². The number of amides is 2. The third kappa shape index (κ3) is 4.12.